The van der Waals surface area contributed by atoms with Crippen molar-refractivity contribution >= 4 is 11.7 Å². The molecule has 4 heteroatoms. The summed E-state index contributed by atoms with van der Waals surface area (Å²) in [6.07, 6.45) is 0.655. The number of nitrogens with two attached hydrogens (primary N) is 1. The molecule has 1 unspecified atom stereocenters. The van der Waals surface area contributed by atoms with Crippen LogP contribution in [0.25, 0.3) is 0 Å². The summed E-state index contributed by atoms with van der Waals surface area (Å²) in [4.78, 5) is 11.7. The molecule has 1 heterocycles. The van der Waals surface area contributed by atoms with Gasteiger partial charge in [-0.25, -0.2) is 4.79 Å². The van der Waals surface area contributed by atoms with Crippen LogP contribution in [-0.4, -0.2) is 25.3 Å². The van der Waals surface area contributed by atoms with Crippen molar-refractivity contribution in [3.63, 3.8) is 0 Å². The second-order valence-electron chi connectivity index (χ2n) is 3.96. The van der Waals surface area contributed by atoms with Crippen LogP contribution >= 0.6 is 0 Å². The number of benzene rings is 1. The topological polar surface area (TPSA) is 61.5 Å². The van der Waals surface area contributed by atoms with E-state index in [0.29, 0.717) is 24.5 Å². The van der Waals surface area contributed by atoms with Crippen LogP contribution in [0.4, 0.5) is 5.69 Å². The average molecular weight is 221 g/mol. The molecule has 0 radical (unpaired) electrons. The van der Waals surface area contributed by atoms with Gasteiger partial charge in [0.15, 0.2) is 0 Å². The SMILES string of the molecule is Cc1ccc(C(=O)OC2CCOC2)cc1N. The first-order valence-corrected chi connectivity index (χ1v) is 5.31. The quantitative estimate of drug-likeness (QED) is 0.607. The minimum Gasteiger partial charge on any atom is -0.456 e. The number of carbonyl (C=O) groups excluding carboxylic acids is 1. The highest BCUT2D eigenvalue weighted by Gasteiger charge is 2.20. The first-order valence-electron chi connectivity index (χ1n) is 5.31. The van der Waals surface area contributed by atoms with E-state index < -0.39 is 0 Å². The molecule has 1 saturated heterocycles. The number of rotatable bonds is 2. The van der Waals surface area contributed by atoms with E-state index in [1.165, 1.54) is 0 Å². The maximum atomic E-state index is 11.7. The van der Waals surface area contributed by atoms with Crippen molar-refractivity contribution in [2.45, 2.75) is 19.4 Å². The summed E-state index contributed by atoms with van der Waals surface area (Å²) in [5.74, 6) is -0.331. The second-order valence-corrected chi connectivity index (χ2v) is 3.96. The summed E-state index contributed by atoms with van der Waals surface area (Å²) >= 11 is 0. The molecule has 1 fully saturated rings. The Balaban J connectivity index is 2.05. The highest BCUT2D eigenvalue weighted by Crippen LogP contribution is 2.16. The van der Waals surface area contributed by atoms with Crippen molar-refractivity contribution in [2.75, 3.05) is 18.9 Å². The minimum absolute atomic E-state index is 0.116. The number of anilines is 1. The molecule has 0 bridgehead atoms. The maximum Gasteiger partial charge on any atom is 0.338 e. The van der Waals surface area contributed by atoms with Gasteiger partial charge in [0.1, 0.15) is 6.10 Å². The van der Waals surface area contributed by atoms with Crippen LogP contribution in [-0.2, 0) is 9.47 Å². The Morgan fingerprint density at radius 1 is 1.56 bits per heavy atom. The van der Waals surface area contributed by atoms with Crippen molar-refractivity contribution in [1.82, 2.24) is 0 Å². The Bertz CT molecular complexity index is 397. The van der Waals surface area contributed by atoms with Gasteiger partial charge in [-0.15, -0.1) is 0 Å². The minimum atomic E-state index is -0.331. The molecule has 0 amide bonds. The van der Waals surface area contributed by atoms with Gasteiger partial charge in [-0.05, 0) is 24.6 Å². The molecule has 0 aromatic heterocycles. The van der Waals surface area contributed by atoms with Gasteiger partial charge < -0.3 is 15.2 Å². The Kier molecular flexibility index (Phi) is 3.10. The van der Waals surface area contributed by atoms with Crippen LogP contribution in [0.5, 0.6) is 0 Å². The van der Waals surface area contributed by atoms with E-state index >= 15 is 0 Å². The summed E-state index contributed by atoms with van der Waals surface area (Å²) in [5, 5.41) is 0. The standard InChI is InChI=1S/C12H15NO3/c1-8-2-3-9(6-11(8)13)12(14)16-10-4-5-15-7-10/h2-3,6,10H,4-5,7,13H2,1H3. The zero-order valence-electron chi connectivity index (χ0n) is 9.23. The molecule has 16 heavy (non-hydrogen) atoms. The largest absolute Gasteiger partial charge is 0.456 e. The number of hydrogen-bond donors (Lipinski definition) is 1. The van der Waals surface area contributed by atoms with E-state index in [1.54, 1.807) is 12.1 Å². The number of esters is 1. The zero-order chi connectivity index (χ0) is 11.5. The molecule has 2 rings (SSSR count). The Morgan fingerprint density at radius 3 is 3.00 bits per heavy atom. The van der Waals surface area contributed by atoms with Crippen molar-refractivity contribution < 1.29 is 14.3 Å². The maximum absolute atomic E-state index is 11.7. The highest BCUT2D eigenvalue weighted by atomic mass is 16.6. The third-order valence-electron chi connectivity index (χ3n) is 2.68. The molecule has 1 aromatic rings. The lowest BCUT2D eigenvalue weighted by Gasteiger charge is -2.10. The van der Waals surface area contributed by atoms with Crippen LogP contribution < -0.4 is 5.73 Å². The van der Waals surface area contributed by atoms with E-state index in [4.69, 9.17) is 15.2 Å². The van der Waals surface area contributed by atoms with Crippen molar-refractivity contribution in [3.8, 4) is 0 Å². The number of carbonyl (C=O) groups is 1. The summed E-state index contributed by atoms with van der Waals surface area (Å²) < 4.78 is 10.4. The molecule has 4 nitrogen and oxygen atoms in total. The van der Waals surface area contributed by atoms with Gasteiger partial charge in [-0.3, -0.25) is 0 Å². The molecular weight excluding hydrogens is 206 g/mol. The first kappa shape index (κ1) is 11.0. The van der Waals surface area contributed by atoms with E-state index in [0.717, 1.165) is 12.0 Å². The first-order chi connectivity index (χ1) is 7.66. The monoisotopic (exact) mass is 221 g/mol. The fraction of sp³-hybridized carbons (Fsp3) is 0.417. The molecule has 1 atom stereocenters. The van der Waals surface area contributed by atoms with Gasteiger partial charge in [0.2, 0.25) is 0 Å². The van der Waals surface area contributed by atoms with E-state index in [9.17, 15) is 4.79 Å². The van der Waals surface area contributed by atoms with Gasteiger partial charge in [0.05, 0.1) is 18.8 Å². The van der Waals surface area contributed by atoms with Crippen LogP contribution in [0.15, 0.2) is 18.2 Å². The van der Waals surface area contributed by atoms with Gasteiger partial charge in [0, 0.05) is 12.1 Å². The number of aryl methyl sites for hydroxylation is 1. The lowest BCUT2D eigenvalue weighted by molar-refractivity contribution is 0.0271. The van der Waals surface area contributed by atoms with Crippen molar-refractivity contribution in [2.24, 2.45) is 0 Å². The Hall–Kier alpha value is -1.55. The van der Waals surface area contributed by atoms with E-state index in [1.807, 2.05) is 13.0 Å². The van der Waals surface area contributed by atoms with Crippen molar-refractivity contribution in [1.29, 1.82) is 0 Å². The van der Waals surface area contributed by atoms with Crippen LogP contribution in [0.2, 0.25) is 0 Å². The Morgan fingerprint density at radius 2 is 2.38 bits per heavy atom. The van der Waals surface area contributed by atoms with Crippen LogP contribution in [0, 0.1) is 6.92 Å². The molecule has 1 aliphatic heterocycles. The molecule has 1 aliphatic rings. The lowest BCUT2D eigenvalue weighted by Crippen LogP contribution is -2.18. The highest BCUT2D eigenvalue weighted by molar-refractivity contribution is 5.90. The smallest absolute Gasteiger partial charge is 0.338 e. The number of ether oxygens (including phenoxy) is 2. The number of hydrogen-bond acceptors (Lipinski definition) is 4. The van der Waals surface area contributed by atoms with Crippen LogP contribution in [0.1, 0.15) is 22.3 Å². The number of nitrogen functional groups attached to an aromatic ring is 1. The predicted octanol–water partition coefficient (Wildman–Crippen LogP) is 1.52. The summed E-state index contributed by atoms with van der Waals surface area (Å²) in [7, 11) is 0. The molecule has 1 aromatic carbocycles. The molecule has 0 spiro atoms. The molecular formula is C12H15NO3. The lowest BCUT2D eigenvalue weighted by atomic mass is 10.1. The third kappa shape index (κ3) is 2.33. The normalized spacial score (nSPS) is 19.7. The molecule has 0 saturated carbocycles. The van der Waals surface area contributed by atoms with Crippen LogP contribution in [0.3, 0.4) is 0 Å². The second kappa shape index (κ2) is 4.53. The summed E-state index contributed by atoms with van der Waals surface area (Å²) in [5.41, 5.74) is 7.80. The van der Waals surface area contributed by atoms with Gasteiger partial charge >= 0.3 is 5.97 Å². The molecule has 86 valence electrons. The van der Waals surface area contributed by atoms with E-state index in [2.05, 4.69) is 0 Å². The zero-order valence-corrected chi connectivity index (χ0v) is 9.23. The summed E-state index contributed by atoms with van der Waals surface area (Å²) in [6, 6.07) is 5.19. The van der Waals surface area contributed by atoms with Gasteiger partial charge in [-0.1, -0.05) is 6.07 Å². The predicted molar refractivity (Wildman–Crippen MR) is 60.2 cm³/mol. The van der Waals surface area contributed by atoms with Gasteiger partial charge in [0.25, 0.3) is 0 Å². The third-order valence-corrected chi connectivity index (χ3v) is 2.68. The van der Waals surface area contributed by atoms with Crippen molar-refractivity contribution in [3.05, 3.63) is 29.3 Å². The Labute approximate surface area is 94.3 Å². The van der Waals surface area contributed by atoms with E-state index in [-0.39, 0.29) is 12.1 Å². The summed E-state index contributed by atoms with van der Waals surface area (Å²) in [6.45, 7) is 3.05. The average Bonchev–Trinajstić information content (AvgIpc) is 2.74. The fourth-order valence-corrected chi connectivity index (χ4v) is 1.59. The fourth-order valence-electron chi connectivity index (χ4n) is 1.59. The van der Waals surface area contributed by atoms with Gasteiger partial charge in [-0.2, -0.15) is 0 Å². The molecule has 0 aliphatic carbocycles. The molecule has 2 N–H and O–H groups in total.